The second-order valence-corrected chi connectivity index (χ2v) is 11.5. The average molecular weight is 502 g/mol. The van der Waals surface area contributed by atoms with E-state index >= 15 is 0 Å². The molecule has 1 unspecified atom stereocenters. The minimum absolute atomic E-state index is 0.0835. The zero-order valence-electron chi connectivity index (χ0n) is 21.9. The first kappa shape index (κ1) is 28.4. The Morgan fingerprint density at radius 3 is 1.97 bits per heavy atom. The van der Waals surface area contributed by atoms with E-state index in [0.29, 0.717) is 18.0 Å². The van der Waals surface area contributed by atoms with Crippen LogP contribution in [0.4, 0.5) is 5.69 Å². The van der Waals surface area contributed by atoms with Crippen LogP contribution < -0.4 is 9.62 Å². The van der Waals surface area contributed by atoms with Crippen LogP contribution in [0.25, 0.3) is 0 Å². The fourth-order valence-corrected chi connectivity index (χ4v) is 4.68. The number of carbonyl (C=O) groups is 2. The Kier molecular flexibility index (Phi) is 9.89. The SMILES string of the molecule is CCC(C(=O)NC(C)C)N(Cc1ccc(C)cc1)C(=O)CN(c1ccc(C(C)C)cc1)S(C)(=O)=O. The summed E-state index contributed by atoms with van der Waals surface area (Å²) >= 11 is 0. The Hall–Kier alpha value is -2.87. The number of nitrogens with zero attached hydrogens (tertiary/aromatic N) is 2. The van der Waals surface area contributed by atoms with Gasteiger partial charge in [-0.3, -0.25) is 13.9 Å². The van der Waals surface area contributed by atoms with E-state index in [-0.39, 0.29) is 18.5 Å². The van der Waals surface area contributed by atoms with Crippen molar-refractivity contribution in [1.82, 2.24) is 10.2 Å². The van der Waals surface area contributed by atoms with E-state index in [4.69, 9.17) is 0 Å². The summed E-state index contributed by atoms with van der Waals surface area (Å²) < 4.78 is 26.5. The molecule has 0 radical (unpaired) electrons. The van der Waals surface area contributed by atoms with E-state index < -0.39 is 28.5 Å². The molecule has 2 aromatic carbocycles. The van der Waals surface area contributed by atoms with Gasteiger partial charge in [-0.05, 0) is 56.4 Å². The molecule has 1 atom stereocenters. The number of sulfonamides is 1. The van der Waals surface area contributed by atoms with Crippen LogP contribution in [0.15, 0.2) is 48.5 Å². The minimum atomic E-state index is -3.74. The fraction of sp³-hybridized carbons (Fsp3) is 0.481. The van der Waals surface area contributed by atoms with E-state index in [2.05, 4.69) is 19.2 Å². The van der Waals surface area contributed by atoms with Crippen LogP contribution in [0, 0.1) is 6.92 Å². The fourth-order valence-electron chi connectivity index (χ4n) is 3.83. The summed E-state index contributed by atoms with van der Waals surface area (Å²) in [6.45, 7) is 11.5. The molecule has 0 bridgehead atoms. The smallest absolute Gasteiger partial charge is 0.244 e. The number of aryl methyl sites for hydroxylation is 1. The maximum Gasteiger partial charge on any atom is 0.244 e. The normalized spacial score (nSPS) is 12.5. The topological polar surface area (TPSA) is 86.8 Å². The van der Waals surface area contributed by atoms with Crippen LogP contribution in [-0.2, 0) is 26.2 Å². The van der Waals surface area contributed by atoms with Gasteiger partial charge in [-0.1, -0.05) is 62.7 Å². The number of benzene rings is 2. The van der Waals surface area contributed by atoms with Crippen molar-refractivity contribution in [2.75, 3.05) is 17.1 Å². The molecule has 0 aliphatic heterocycles. The van der Waals surface area contributed by atoms with Gasteiger partial charge in [0.2, 0.25) is 21.8 Å². The molecule has 0 fully saturated rings. The van der Waals surface area contributed by atoms with Gasteiger partial charge in [0, 0.05) is 12.6 Å². The number of amides is 2. The molecule has 35 heavy (non-hydrogen) atoms. The van der Waals surface area contributed by atoms with Gasteiger partial charge in [0.1, 0.15) is 12.6 Å². The third-order valence-corrected chi connectivity index (χ3v) is 6.96. The summed E-state index contributed by atoms with van der Waals surface area (Å²) in [6.07, 6.45) is 1.49. The molecule has 0 heterocycles. The number of hydrogen-bond acceptors (Lipinski definition) is 4. The van der Waals surface area contributed by atoms with Crippen molar-refractivity contribution < 1.29 is 18.0 Å². The van der Waals surface area contributed by atoms with E-state index in [1.54, 1.807) is 12.1 Å². The lowest BCUT2D eigenvalue weighted by atomic mass is 10.0. The lowest BCUT2D eigenvalue weighted by molar-refractivity contribution is -0.140. The average Bonchev–Trinajstić information content (AvgIpc) is 2.77. The quantitative estimate of drug-likeness (QED) is 0.500. The Morgan fingerprint density at radius 1 is 0.943 bits per heavy atom. The Bertz CT molecular complexity index is 1090. The van der Waals surface area contributed by atoms with Crippen LogP contribution in [0.2, 0.25) is 0 Å². The predicted octanol–water partition coefficient (Wildman–Crippen LogP) is 4.22. The van der Waals surface area contributed by atoms with Gasteiger partial charge < -0.3 is 10.2 Å². The molecule has 0 saturated carbocycles. The second-order valence-electron chi connectivity index (χ2n) is 9.61. The standard InChI is InChI=1S/C27H39N3O4S/c1-8-25(27(32)28-20(4)5)29(17-22-11-9-21(6)10-12-22)26(31)18-30(35(7,33)34)24-15-13-23(14-16-24)19(2)3/h9-16,19-20,25H,8,17-18H2,1-7H3,(H,28,32). The summed E-state index contributed by atoms with van der Waals surface area (Å²) in [5.41, 5.74) is 3.45. The Morgan fingerprint density at radius 2 is 1.51 bits per heavy atom. The number of nitrogens with one attached hydrogen (secondary N) is 1. The molecule has 0 aliphatic carbocycles. The largest absolute Gasteiger partial charge is 0.352 e. The molecule has 2 amide bonds. The van der Waals surface area contributed by atoms with Crippen molar-refractivity contribution in [3.63, 3.8) is 0 Å². The highest BCUT2D eigenvalue weighted by atomic mass is 32.2. The summed E-state index contributed by atoms with van der Waals surface area (Å²) in [6, 6.07) is 14.1. The van der Waals surface area contributed by atoms with Crippen LogP contribution in [-0.4, -0.2) is 50.0 Å². The molecule has 2 aromatic rings. The Balaban J connectivity index is 2.42. The molecule has 1 N–H and O–H groups in total. The van der Waals surface area contributed by atoms with Gasteiger partial charge in [-0.2, -0.15) is 0 Å². The first-order valence-corrected chi connectivity index (χ1v) is 13.9. The van der Waals surface area contributed by atoms with Crippen LogP contribution >= 0.6 is 0 Å². The maximum absolute atomic E-state index is 13.7. The second kappa shape index (κ2) is 12.2. The van der Waals surface area contributed by atoms with Crippen LogP contribution in [0.5, 0.6) is 0 Å². The molecule has 192 valence electrons. The lowest BCUT2D eigenvalue weighted by Gasteiger charge is -2.33. The molecular formula is C27H39N3O4S. The highest BCUT2D eigenvalue weighted by Gasteiger charge is 2.32. The zero-order valence-corrected chi connectivity index (χ0v) is 22.7. The van der Waals surface area contributed by atoms with E-state index in [1.165, 1.54) is 4.90 Å². The Labute approximate surface area is 210 Å². The molecule has 7 nitrogen and oxygen atoms in total. The molecule has 0 saturated heterocycles. The van der Waals surface area contributed by atoms with Gasteiger partial charge >= 0.3 is 0 Å². The van der Waals surface area contributed by atoms with Crippen molar-refractivity contribution in [1.29, 1.82) is 0 Å². The van der Waals surface area contributed by atoms with Gasteiger partial charge in [-0.15, -0.1) is 0 Å². The van der Waals surface area contributed by atoms with Crippen molar-refractivity contribution in [2.45, 2.75) is 72.5 Å². The third-order valence-electron chi connectivity index (χ3n) is 5.82. The number of hydrogen-bond donors (Lipinski definition) is 1. The van der Waals surface area contributed by atoms with Crippen molar-refractivity contribution in [3.05, 3.63) is 65.2 Å². The molecule has 0 aromatic heterocycles. The molecule has 2 rings (SSSR count). The van der Waals surface area contributed by atoms with Gasteiger partial charge in [0.15, 0.2) is 0 Å². The van der Waals surface area contributed by atoms with E-state index in [0.717, 1.165) is 27.3 Å². The molecular weight excluding hydrogens is 462 g/mol. The minimum Gasteiger partial charge on any atom is -0.352 e. The van der Waals surface area contributed by atoms with Crippen molar-refractivity contribution in [3.8, 4) is 0 Å². The number of rotatable bonds is 11. The van der Waals surface area contributed by atoms with Gasteiger partial charge in [0.05, 0.1) is 11.9 Å². The van der Waals surface area contributed by atoms with Gasteiger partial charge in [-0.25, -0.2) is 8.42 Å². The zero-order chi connectivity index (χ0) is 26.3. The summed E-state index contributed by atoms with van der Waals surface area (Å²) in [4.78, 5) is 28.1. The van der Waals surface area contributed by atoms with Crippen LogP contribution in [0.3, 0.4) is 0 Å². The highest BCUT2D eigenvalue weighted by molar-refractivity contribution is 7.92. The molecule has 0 aliphatic rings. The third kappa shape index (κ3) is 8.09. The van der Waals surface area contributed by atoms with E-state index in [9.17, 15) is 18.0 Å². The first-order chi connectivity index (χ1) is 16.3. The monoisotopic (exact) mass is 501 g/mol. The first-order valence-electron chi connectivity index (χ1n) is 12.1. The van der Waals surface area contributed by atoms with E-state index in [1.807, 2.05) is 64.1 Å². The molecule has 0 spiro atoms. The molecule has 8 heteroatoms. The number of anilines is 1. The lowest BCUT2D eigenvalue weighted by Crippen LogP contribution is -2.53. The number of carbonyl (C=O) groups excluding carboxylic acids is 2. The summed E-state index contributed by atoms with van der Waals surface area (Å²) in [5.74, 6) is -0.392. The maximum atomic E-state index is 13.7. The van der Waals surface area contributed by atoms with Crippen molar-refractivity contribution in [2.24, 2.45) is 0 Å². The summed E-state index contributed by atoms with van der Waals surface area (Å²) in [7, 11) is -3.74. The predicted molar refractivity (Wildman–Crippen MR) is 142 cm³/mol. The highest BCUT2D eigenvalue weighted by Crippen LogP contribution is 2.23. The van der Waals surface area contributed by atoms with Crippen LogP contribution in [0.1, 0.15) is 63.6 Å². The van der Waals surface area contributed by atoms with Gasteiger partial charge in [0.25, 0.3) is 0 Å². The van der Waals surface area contributed by atoms with Crippen molar-refractivity contribution >= 4 is 27.5 Å². The summed E-state index contributed by atoms with van der Waals surface area (Å²) in [5, 5.41) is 2.89.